The van der Waals surface area contributed by atoms with E-state index in [9.17, 15) is 13.2 Å². The van der Waals surface area contributed by atoms with E-state index in [1.807, 2.05) is 38.1 Å². The Kier molecular flexibility index (Phi) is 6.76. The number of aryl methyl sites for hydroxylation is 2. The van der Waals surface area contributed by atoms with Crippen LogP contribution in [-0.4, -0.2) is 14.3 Å². The van der Waals surface area contributed by atoms with Gasteiger partial charge in [-0.25, -0.2) is 8.42 Å². The maximum Gasteiger partial charge on any atom is 0.271 e. The number of sulfonamides is 1. The molecule has 0 N–H and O–H groups in total. The fourth-order valence-electron chi connectivity index (χ4n) is 3.11. The molecule has 0 spiro atoms. The maximum absolute atomic E-state index is 13.4. The van der Waals surface area contributed by atoms with Crippen molar-refractivity contribution in [2.24, 2.45) is 0 Å². The third kappa shape index (κ3) is 5.30. The van der Waals surface area contributed by atoms with Gasteiger partial charge in [0.05, 0.1) is 10.6 Å². The van der Waals surface area contributed by atoms with Gasteiger partial charge in [0.1, 0.15) is 0 Å². The Balaban J connectivity index is 1.98. The molecule has 0 aliphatic rings. The number of rotatable bonds is 6. The second-order valence-electron chi connectivity index (χ2n) is 7.91. The molecule has 0 aliphatic carbocycles. The summed E-state index contributed by atoms with van der Waals surface area (Å²) in [4.78, 5) is 13.2. The number of hydrogen-bond donors (Lipinski definition) is 0. The molecule has 0 fully saturated rings. The van der Waals surface area contributed by atoms with Crippen LogP contribution in [0.1, 0.15) is 42.0 Å². The molecule has 3 aromatic rings. The van der Waals surface area contributed by atoms with Gasteiger partial charge in [0, 0.05) is 6.08 Å². The molecular formula is C26H27NO3S. The Morgan fingerprint density at radius 2 is 1.32 bits per heavy atom. The van der Waals surface area contributed by atoms with Crippen molar-refractivity contribution in [3.63, 3.8) is 0 Å². The lowest BCUT2D eigenvalue weighted by atomic mass is 10.0. The molecule has 0 radical (unpaired) electrons. The highest BCUT2D eigenvalue weighted by Gasteiger charge is 2.29. The molecule has 160 valence electrons. The molecule has 0 aromatic heterocycles. The topological polar surface area (TPSA) is 54.5 Å². The molecule has 3 aromatic carbocycles. The van der Waals surface area contributed by atoms with E-state index < -0.39 is 15.9 Å². The number of anilines is 1. The lowest BCUT2D eigenvalue weighted by Crippen LogP contribution is -2.35. The van der Waals surface area contributed by atoms with Crippen LogP contribution in [0.3, 0.4) is 0 Å². The molecule has 0 heterocycles. The van der Waals surface area contributed by atoms with Crippen molar-refractivity contribution in [2.45, 2.75) is 38.5 Å². The summed E-state index contributed by atoms with van der Waals surface area (Å²) in [5.74, 6) is -0.214. The Morgan fingerprint density at radius 3 is 1.84 bits per heavy atom. The average Bonchev–Trinajstić information content (AvgIpc) is 2.74. The summed E-state index contributed by atoms with van der Waals surface area (Å²) in [5.41, 5.74) is 4.25. The lowest BCUT2D eigenvalue weighted by molar-refractivity contribution is -0.113. The van der Waals surface area contributed by atoms with E-state index in [1.54, 1.807) is 42.5 Å². The van der Waals surface area contributed by atoms with Gasteiger partial charge in [0.25, 0.3) is 15.9 Å². The Morgan fingerprint density at radius 1 is 0.806 bits per heavy atom. The highest BCUT2D eigenvalue weighted by atomic mass is 32.2. The largest absolute Gasteiger partial charge is 0.271 e. The molecule has 5 heteroatoms. The normalized spacial score (nSPS) is 11.8. The fourth-order valence-corrected chi connectivity index (χ4v) is 4.50. The van der Waals surface area contributed by atoms with E-state index in [-0.39, 0.29) is 4.90 Å². The third-order valence-electron chi connectivity index (χ3n) is 5.05. The molecule has 0 bridgehead atoms. The van der Waals surface area contributed by atoms with Crippen molar-refractivity contribution < 1.29 is 13.2 Å². The van der Waals surface area contributed by atoms with Gasteiger partial charge in [-0.2, -0.15) is 4.31 Å². The molecule has 4 nitrogen and oxygen atoms in total. The van der Waals surface area contributed by atoms with Crippen LogP contribution in [0.5, 0.6) is 0 Å². The number of carbonyl (C=O) groups excluding carboxylic acids is 1. The first-order valence-corrected chi connectivity index (χ1v) is 11.6. The predicted octanol–water partition coefficient (Wildman–Crippen LogP) is 5.86. The quantitative estimate of drug-likeness (QED) is 0.457. The van der Waals surface area contributed by atoms with E-state index in [0.29, 0.717) is 11.6 Å². The van der Waals surface area contributed by atoms with Crippen molar-refractivity contribution in [1.29, 1.82) is 0 Å². The summed E-state index contributed by atoms with van der Waals surface area (Å²) in [6.45, 7) is 8.02. The highest BCUT2D eigenvalue weighted by Crippen LogP contribution is 2.25. The van der Waals surface area contributed by atoms with Gasteiger partial charge in [-0.3, -0.25) is 4.79 Å². The summed E-state index contributed by atoms with van der Waals surface area (Å²) in [5, 5.41) is 0. The molecule has 0 saturated carbocycles. The standard InChI is InChI=1S/C26H27NO3S/c1-19(2)23-12-9-22(10-13-23)11-18-26(28)27(24-14-5-20(3)6-15-24)31(29,30)25-16-7-21(4)8-17-25/h5-19H,1-4H3/b18-11+. The molecule has 0 unspecified atom stereocenters. The number of benzene rings is 3. The van der Waals surface area contributed by atoms with Gasteiger partial charge in [0.2, 0.25) is 0 Å². The SMILES string of the molecule is Cc1ccc(N(C(=O)/C=C/c2ccc(C(C)C)cc2)S(=O)(=O)c2ccc(C)cc2)cc1. The van der Waals surface area contributed by atoms with E-state index in [0.717, 1.165) is 21.0 Å². The molecule has 3 rings (SSSR count). The van der Waals surface area contributed by atoms with Crippen LogP contribution in [-0.2, 0) is 14.8 Å². The first kappa shape index (κ1) is 22.5. The second-order valence-corrected chi connectivity index (χ2v) is 9.70. The van der Waals surface area contributed by atoms with Crippen molar-refractivity contribution in [3.05, 3.63) is 101 Å². The smallest absolute Gasteiger partial charge is 0.268 e. The van der Waals surface area contributed by atoms with Gasteiger partial charge < -0.3 is 0 Å². The summed E-state index contributed by atoms with van der Waals surface area (Å²) < 4.78 is 27.6. The van der Waals surface area contributed by atoms with Gasteiger partial charge in [-0.15, -0.1) is 0 Å². The number of nitrogens with zero attached hydrogens (tertiary/aromatic N) is 1. The van der Waals surface area contributed by atoms with Crippen molar-refractivity contribution in [2.75, 3.05) is 4.31 Å². The minimum Gasteiger partial charge on any atom is -0.268 e. The number of carbonyl (C=O) groups is 1. The van der Waals surface area contributed by atoms with E-state index in [4.69, 9.17) is 0 Å². The fraction of sp³-hybridized carbons (Fsp3) is 0.192. The first-order valence-electron chi connectivity index (χ1n) is 10.2. The van der Waals surface area contributed by atoms with Gasteiger partial charge in [-0.05, 0) is 61.2 Å². The summed E-state index contributed by atoms with van der Waals surface area (Å²) in [6.07, 6.45) is 2.94. The van der Waals surface area contributed by atoms with Crippen LogP contribution >= 0.6 is 0 Å². The van der Waals surface area contributed by atoms with E-state index in [2.05, 4.69) is 13.8 Å². The lowest BCUT2D eigenvalue weighted by Gasteiger charge is -2.21. The first-order chi connectivity index (χ1) is 14.7. The van der Waals surface area contributed by atoms with Crippen molar-refractivity contribution >= 4 is 27.7 Å². The van der Waals surface area contributed by atoms with Gasteiger partial charge in [0.15, 0.2) is 0 Å². The zero-order valence-corrected chi connectivity index (χ0v) is 19.1. The molecule has 0 atom stereocenters. The highest BCUT2D eigenvalue weighted by molar-refractivity contribution is 7.93. The van der Waals surface area contributed by atoms with Crippen LogP contribution in [0.25, 0.3) is 6.08 Å². The Bertz CT molecular complexity index is 1170. The minimum absolute atomic E-state index is 0.0710. The summed E-state index contributed by atoms with van der Waals surface area (Å²) in [7, 11) is -4.07. The predicted molar refractivity (Wildman–Crippen MR) is 127 cm³/mol. The van der Waals surface area contributed by atoms with Crippen LogP contribution in [0.4, 0.5) is 5.69 Å². The Hall–Kier alpha value is -3.18. The Labute approximate surface area is 184 Å². The van der Waals surface area contributed by atoms with Crippen LogP contribution < -0.4 is 4.31 Å². The summed E-state index contributed by atoms with van der Waals surface area (Å²) >= 11 is 0. The minimum atomic E-state index is -4.07. The number of hydrogen-bond acceptors (Lipinski definition) is 3. The second kappa shape index (κ2) is 9.31. The molecule has 1 amide bonds. The molecule has 0 saturated heterocycles. The zero-order valence-electron chi connectivity index (χ0n) is 18.2. The maximum atomic E-state index is 13.4. The van der Waals surface area contributed by atoms with E-state index in [1.165, 1.54) is 23.8 Å². The van der Waals surface area contributed by atoms with Crippen molar-refractivity contribution in [1.82, 2.24) is 0 Å². The van der Waals surface area contributed by atoms with Crippen LogP contribution in [0, 0.1) is 13.8 Å². The van der Waals surface area contributed by atoms with Crippen molar-refractivity contribution in [3.8, 4) is 0 Å². The van der Waals surface area contributed by atoms with Gasteiger partial charge >= 0.3 is 0 Å². The molecule has 31 heavy (non-hydrogen) atoms. The monoisotopic (exact) mass is 433 g/mol. The van der Waals surface area contributed by atoms with Gasteiger partial charge in [-0.1, -0.05) is 73.5 Å². The molecule has 0 aliphatic heterocycles. The van der Waals surface area contributed by atoms with E-state index >= 15 is 0 Å². The third-order valence-corrected chi connectivity index (χ3v) is 6.79. The zero-order chi connectivity index (χ0) is 22.6. The molecular weight excluding hydrogens is 406 g/mol. The van der Waals surface area contributed by atoms with Crippen LogP contribution in [0.2, 0.25) is 0 Å². The number of amides is 1. The van der Waals surface area contributed by atoms with Crippen LogP contribution in [0.15, 0.2) is 83.8 Å². The summed E-state index contributed by atoms with van der Waals surface area (Å²) in [6, 6.07) is 21.2. The average molecular weight is 434 g/mol.